The maximum Gasteiger partial charge on any atom is 0.165 e. The lowest BCUT2D eigenvalue weighted by Gasteiger charge is -2.13. The van der Waals surface area contributed by atoms with E-state index in [1.54, 1.807) is 17.4 Å². The zero-order valence-electron chi connectivity index (χ0n) is 12.6. The number of thiazole rings is 1. The first kappa shape index (κ1) is 15.9. The van der Waals surface area contributed by atoms with Crippen molar-refractivity contribution in [3.05, 3.63) is 45.7 Å². The maximum atomic E-state index is 14.0. The summed E-state index contributed by atoms with van der Waals surface area (Å²) in [6, 6.07) is 4.89. The van der Waals surface area contributed by atoms with E-state index in [1.165, 1.54) is 6.07 Å². The third kappa shape index (κ3) is 4.25. The van der Waals surface area contributed by atoms with Crippen LogP contribution in [0.25, 0.3) is 0 Å². The SMILES string of the molecule is CC(N)Cc1cccc(F)c1OCc1csc(C(C)C)n1. The van der Waals surface area contributed by atoms with Crippen molar-refractivity contribution in [3.63, 3.8) is 0 Å². The summed E-state index contributed by atoms with van der Waals surface area (Å²) in [5.41, 5.74) is 7.43. The fourth-order valence-electron chi connectivity index (χ4n) is 2.02. The molecule has 3 nitrogen and oxygen atoms in total. The van der Waals surface area contributed by atoms with Gasteiger partial charge in [0.2, 0.25) is 0 Å². The van der Waals surface area contributed by atoms with Gasteiger partial charge in [-0.25, -0.2) is 9.37 Å². The summed E-state index contributed by atoms with van der Waals surface area (Å²) in [7, 11) is 0. The number of nitrogens with zero attached hydrogens (tertiary/aromatic N) is 1. The molecule has 0 saturated heterocycles. The van der Waals surface area contributed by atoms with Crippen molar-refractivity contribution >= 4 is 11.3 Å². The van der Waals surface area contributed by atoms with Crippen LogP contribution in [0.5, 0.6) is 5.75 Å². The van der Waals surface area contributed by atoms with Crippen LogP contribution < -0.4 is 10.5 Å². The molecule has 0 bridgehead atoms. The average Bonchev–Trinajstić information content (AvgIpc) is 2.86. The fourth-order valence-corrected chi connectivity index (χ4v) is 2.84. The molecule has 0 radical (unpaired) electrons. The number of aromatic nitrogens is 1. The van der Waals surface area contributed by atoms with Gasteiger partial charge in [-0.05, 0) is 25.0 Å². The second-order valence-corrected chi connectivity index (χ2v) is 6.42. The van der Waals surface area contributed by atoms with Gasteiger partial charge < -0.3 is 10.5 Å². The second kappa shape index (κ2) is 7.00. The first-order valence-electron chi connectivity index (χ1n) is 7.07. The highest BCUT2D eigenvalue weighted by molar-refractivity contribution is 7.09. The van der Waals surface area contributed by atoms with Crippen LogP contribution in [0.3, 0.4) is 0 Å². The van der Waals surface area contributed by atoms with E-state index in [4.69, 9.17) is 10.5 Å². The molecule has 2 aromatic rings. The Morgan fingerprint density at radius 1 is 1.33 bits per heavy atom. The van der Waals surface area contributed by atoms with E-state index in [-0.39, 0.29) is 24.2 Å². The molecule has 21 heavy (non-hydrogen) atoms. The molecule has 2 N–H and O–H groups in total. The van der Waals surface area contributed by atoms with Crippen LogP contribution in [0.2, 0.25) is 0 Å². The van der Waals surface area contributed by atoms with Gasteiger partial charge in [0, 0.05) is 17.3 Å². The van der Waals surface area contributed by atoms with E-state index in [9.17, 15) is 4.39 Å². The van der Waals surface area contributed by atoms with Crippen LogP contribution >= 0.6 is 11.3 Å². The number of benzene rings is 1. The number of hydrogen-bond acceptors (Lipinski definition) is 4. The van der Waals surface area contributed by atoms with Crippen molar-refractivity contribution in [2.24, 2.45) is 5.73 Å². The lowest BCUT2D eigenvalue weighted by Crippen LogP contribution is -2.18. The van der Waals surface area contributed by atoms with Gasteiger partial charge in [0.15, 0.2) is 11.6 Å². The van der Waals surface area contributed by atoms with E-state index in [2.05, 4.69) is 18.8 Å². The second-order valence-electron chi connectivity index (χ2n) is 5.53. The predicted octanol–water partition coefficient (Wildman–Crippen LogP) is 3.87. The molecule has 2 rings (SSSR count). The predicted molar refractivity (Wildman–Crippen MR) is 84.3 cm³/mol. The Kier molecular flexibility index (Phi) is 5.31. The summed E-state index contributed by atoms with van der Waals surface area (Å²) in [5.74, 6) is 0.326. The van der Waals surface area contributed by atoms with Gasteiger partial charge in [-0.1, -0.05) is 26.0 Å². The number of halogens is 1. The van der Waals surface area contributed by atoms with Gasteiger partial charge in [-0.3, -0.25) is 0 Å². The Morgan fingerprint density at radius 2 is 2.10 bits per heavy atom. The number of ether oxygens (including phenoxy) is 1. The van der Waals surface area contributed by atoms with Gasteiger partial charge >= 0.3 is 0 Å². The number of para-hydroxylation sites is 1. The minimum Gasteiger partial charge on any atom is -0.484 e. The molecule has 0 saturated carbocycles. The fraction of sp³-hybridized carbons (Fsp3) is 0.438. The minimum absolute atomic E-state index is 0.0408. The molecular weight excluding hydrogens is 287 g/mol. The lowest BCUT2D eigenvalue weighted by atomic mass is 10.1. The maximum absolute atomic E-state index is 14.0. The summed E-state index contributed by atoms with van der Waals surface area (Å²) >= 11 is 1.61. The van der Waals surface area contributed by atoms with Crippen LogP contribution in [0.4, 0.5) is 4.39 Å². The molecule has 1 atom stereocenters. The summed E-state index contributed by atoms with van der Waals surface area (Å²) < 4.78 is 19.6. The summed E-state index contributed by atoms with van der Waals surface area (Å²) in [4.78, 5) is 4.49. The van der Waals surface area contributed by atoms with Crippen LogP contribution in [0, 0.1) is 5.82 Å². The molecule has 0 amide bonds. The first-order valence-corrected chi connectivity index (χ1v) is 7.95. The van der Waals surface area contributed by atoms with Gasteiger partial charge in [-0.15, -0.1) is 11.3 Å². The third-order valence-electron chi connectivity index (χ3n) is 3.02. The Balaban J connectivity index is 2.11. The van der Waals surface area contributed by atoms with Crippen molar-refractivity contribution < 1.29 is 9.13 Å². The molecule has 0 fully saturated rings. The Morgan fingerprint density at radius 3 is 2.71 bits per heavy atom. The molecule has 0 aliphatic heterocycles. The van der Waals surface area contributed by atoms with Crippen LogP contribution in [0.1, 0.15) is 43.0 Å². The molecule has 1 aromatic carbocycles. The zero-order valence-corrected chi connectivity index (χ0v) is 13.4. The van der Waals surface area contributed by atoms with Gasteiger partial charge in [-0.2, -0.15) is 0 Å². The topological polar surface area (TPSA) is 48.1 Å². The molecular formula is C16H21FN2OS. The monoisotopic (exact) mass is 308 g/mol. The standard InChI is InChI=1S/C16H21FN2OS/c1-10(2)16-19-13(9-21-16)8-20-15-12(7-11(3)18)5-4-6-14(15)17/h4-6,9-11H,7-8,18H2,1-3H3. The third-order valence-corrected chi connectivity index (χ3v) is 4.21. The van der Waals surface area contributed by atoms with E-state index >= 15 is 0 Å². The van der Waals surface area contributed by atoms with Gasteiger partial charge in [0.05, 0.1) is 10.7 Å². The minimum atomic E-state index is -0.354. The van der Waals surface area contributed by atoms with E-state index in [0.717, 1.165) is 16.3 Å². The molecule has 0 aliphatic rings. The number of hydrogen-bond donors (Lipinski definition) is 1. The van der Waals surface area contributed by atoms with E-state index < -0.39 is 0 Å². The van der Waals surface area contributed by atoms with E-state index in [0.29, 0.717) is 12.3 Å². The zero-order chi connectivity index (χ0) is 15.4. The van der Waals surface area contributed by atoms with Crippen molar-refractivity contribution in [3.8, 4) is 5.75 Å². The molecule has 0 aliphatic carbocycles. The average molecular weight is 308 g/mol. The largest absolute Gasteiger partial charge is 0.484 e. The van der Waals surface area contributed by atoms with Crippen LogP contribution in [-0.2, 0) is 13.0 Å². The first-order chi connectivity index (χ1) is 9.97. The summed E-state index contributed by atoms with van der Waals surface area (Å²) in [5, 5.41) is 3.03. The number of rotatable bonds is 6. The summed E-state index contributed by atoms with van der Waals surface area (Å²) in [6.45, 7) is 6.36. The van der Waals surface area contributed by atoms with Crippen molar-refractivity contribution in [2.75, 3.05) is 0 Å². The van der Waals surface area contributed by atoms with Crippen LogP contribution in [-0.4, -0.2) is 11.0 Å². The Hall–Kier alpha value is -1.46. The highest BCUT2D eigenvalue weighted by Crippen LogP contribution is 2.26. The molecule has 1 unspecified atom stereocenters. The molecule has 1 aromatic heterocycles. The van der Waals surface area contributed by atoms with Gasteiger partial charge in [0.1, 0.15) is 6.61 Å². The van der Waals surface area contributed by atoms with Crippen molar-refractivity contribution in [2.45, 2.75) is 45.8 Å². The highest BCUT2D eigenvalue weighted by Gasteiger charge is 2.13. The quantitative estimate of drug-likeness (QED) is 0.881. The molecule has 0 spiro atoms. The Labute approximate surface area is 129 Å². The molecule has 5 heteroatoms. The Bertz CT molecular complexity index is 596. The highest BCUT2D eigenvalue weighted by atomic mass is 32.1. The molecule has 1 heterocycles. The van der Waals surface area contributed by atoms with E-state index in [1.807, 2.05) is 18.4 Å². The molecule has 114 valence electrons. The lowest BCUT2D eigenvalue weighted by molar-refractivity contribution is 0.282. The smallest absolute Gasteiger partial charge is 0.165 e. The van der Waals surface area contributed by atoms with Crippen molar-refractivity contribution in [1.29, 1.82) is 0 Å². The number of nitrogens with two attached hydrogens (primary N) is 1. The normalized spacial score (nSPS) is 12.7. The van der Waals surface area contributed by atoms with Crippen LogP contribution in [0.15, 0.2) is 23.6 Å². The summed E-state index contributed by atoms with van der Waals surface area (Å²) in [6.07, 6.45) is 0.585. The van der Waals surface area contributed by atoms with Crippen molar-refractivity contribution in [1.82, 2.24) is 4.98 Å². The van der Waals surface area contributed by atoms with Gasteiger partial charge in [0.25, 0.3) is 0 Å².